The van der Waals surface area contributed by atoms with Gasteiger partial charge in [0.25, 0.3) is 0 Å². The number of hydrogen-bond acceptors (Lipinski definition) is 2. The Bertz CT molecular complexity index is 492. The van der Waals surface area contributed by atoms with Crippen LogP contribution in [0.15, 0.2) is 22.7 Å². The largest absolute Gasteiger partial charge is 0.416 e. The van der Waals surface area contributed by atoms with Gasteiger partial charge in [-0.2, -0.15) is 13.2 Å². The summed E-state index contributed by atoms with van der Waals surface area (Å²) < 4.78 is 38.9. The summed E-state index contributed by atoms with van der Waals surface area (Å²) in [4.78, 5) is 11.6. The summed E-state index contributed by atoms with van der Waals surface area (Å²) >= 11 is 3.02. The Morgan fingerprint density at radius 3 is 2.55 bits per heavy atom. The van der Waals surface area contributed by atoms with E-state index >= 15 is 0 Å². The maximum Gasteiger partial charge on any atom is 0.416 e. The van der Waals surface area contributed by atoms with Gasteiger partial charge in [0, 0.05) is 24.1 Å². The number of rotatable bonds is 3. The minimum absolute atomic E-state index is 0. The van der Waals surface area contributed by atoms with Gasteiger partial charge in [0.1, 0.15) is 0 Å². The van der Waals surface area contributed by atoms with Crippen molar-refractivity contribution in [1.29, 1.82) is 0 Å². The van der Waals surface area contributed by atoms with E-state index in [0.717, 1.165) is 6.07 Å². The van der Waals surface area contributed by atoms with E-state index in [-0.39, 0.29) is 36.3 Å². The smallest absolute Gasteiger partial charge is 0.352 e. The lowest BCUT2D eigenvalue weighted by atomic mass is 10.0. The van der Waals surface area contributed by atoms with Gasteiger partial charge in [-0.15, -0.1) is 12.4 Å². The van der Waals surface area contributed by atoms with E-state index in [4.69, 9.17) is 0 Å². The highest BCUT2D eigenvalue weighted by atomic mass is 79.9. The number of carbonyl (C=O) groups excluding carboxylic acids is 1. The zero-order valence-corrected chi connectivity index (χ0v) is 12.7. The molecule has 112 valence electrons. The third-order valence-electron chi connectivity index (χ3n) is 2.98. The molecule has 8 heteroatoms. The number of amides is 1. The maximum atomic E-state index is 12.8. The molecule has 0 aliphatic carbocycles. The van der Waals surface area contributed by atoms with Crippen LogP contribution in [0.3, 0.4) is 0 Å². The lowest BCUT2D eigenvalue weighted by Crippen LogP contribution is -2.50. The highest BCUT2D eigenvalue weighted by molar-refractivity contribution is 9.10. The van der Waals surface area contributed by atoms with E-state index in [9.17, 15) is 18.0 Å². The molecule has 0 bridgehead atoms. The standard InChI is InChI=1S/C12H12BrF3N2O.ClH/c13-9-2-1-7(10(3-9)12(14,15)16)6-18-11(19)8-4-17-5-8;/h1-3,8,17H,4-6H2,(H,18,19);1H. The molecule has 1 amide bonds. The molecule has 20 heavy (non-hydrogen) atoms. The molecule has 2 rings (SSSR count). The zero-order chi connectivity index (χ0) is 14.0. The minimum Gasteiger partial charge on any atom is -0.352 e. The normalized spacial score (nSPS) is 15.2. The second-order valence-electron chi connectivity index (χ2n) is 4.37. The molecule has 0 aromatic heterocycles. The van der Waals surface area contributed by atoms with Gasteiger partial charge < -0.3 is 10.6 Å². The first-order chi connectivity index (χ1) is 8.88. The van der Waals surface area contributed by atoms with Crippen LogP contribution in [-0.2, 0) is 17.5 Å². The Morgan fingerprint density at radius 2 is 2.05 bits per heavy atom. The van der Waals surface area contributed by atoms with Crippen molar-refractivity contribution < 1.29 is 18.0 Å². The van der Waals surface area contributed by atoms with Crippen LogP contribution >= 0.6 is 28.3 Å². The summed E-state index contributed by atoms with van der Waals surface area (Å²) in [6.45, 7) is 1.05. The molecule has 0 unspecified atom stereocenters. The summed E-state index contributed by atoms with van der Waals surface area (Å²) in [5.74, 6) is -0.348. The van der Waals surface area contributed by atoms with Crippen LogP contribution in [0.4, 0.5) is 13.2 Å². The molecule has 1 aliphatic rings. The molecule has 1 saturated heterocycles. The minimum atomic E-state index is -4.43. The van der Waals surface area contributed by atoms with E-state index in [1.54, 1.807) is 0 Å². The molecule has 3 nitrogen and oxygen atoms in total. The molecule has 0 radical (unpaired) electrons. The fourth-order valence-electron chi connectivity index (χ4n) is 1.77. The number of alkyl halides is 3. The predicted molar refractivity (Wildman–Crippen MR) is 74.6 cm³/mol. The molecule has 0 atom stereocenters. The molecule has 1 aliphatic heterocycles. The van der Waals surface area contributed by atoms with E-state index in [1.165, 1.54) is 12.1 Å². The Kier molecular flexibility index (Phi) is 5.85. The summed E-state index contributed by atoms with van der Waals surface area (Å²) in [6, 6.07) is 3.92. The van der Waals surface area contributed by atoms with Gasteiger partial charge in [-0.25, -0.2) is 0 Å². The molecule has 1 heterocycles. The second-order valence-corrected chi connectivity index (χ2v) is 5.29. The third-order valence-corrected chi connectivity index (χ3v) is 3.48. The number of halogens is 5. The van der Waals surface area contributed by atoms with Gasteiger partial charge in [-0.05, 0) is 17.7 Å². The molecule has 1 aromatic carbocycles. The number of hydrogen-bond donors (Lipinski definition) is 2. The maximum absolute atomic E-state index is 12.8. The summed E-state index contributed by atoms with van der Waals surface area (Å²) in [7, 11) is 0. The second kappa shape index (κ2) is 6.78. The highest BCUT2D eigenvalue weighted by Gasteiger charge is 2.33. The molecular weight excluding hydrogens is 360 g/mol. The first-order valence-electron chi connectivity index (χ1n) is 5.72. The van der Waals surface area contributed by atoms with Crippen LogP contribution in [-0.4, -0.2) is 19.0 Å². The van der Waals surface area contributed by atoms with Crippen LogP contribution in [0.25, 0.3) is 0 Å². The number of benzene rings is 1. The average molecular weight is 374 g/mol. The molecule has 1 fully saturated rings. The molecular formula is C12H13BrClF3N2O. The molecule has 1 aromatic rings. The lowest BCUT2D eigenvalue weighted by Gasteiger charge is -2.26. The van der Waals surface area contributed by atoms with Gasteiger partial charge in [0.2, 0.25) is 5.91 Å². The first-order valence-corrected chi connectivity index (χ1v) is 6.51. The first kappa shape index (κ1) is 17.3. The van der Waals surface area contributed by atoms with Crippen molar-refractivity contribution in [3.8, 4) is 0 Å². The van der Waals surface area contributed by atoms with E-state index in [2.05, 4.69) is 26.6 Å². The molecule has 0 spiro atoms. The Morgan fingerprint density at radius 1 is 1.40 bits per heavy atom. The average Bonchev–Trinajstić information content (AvgIpc) is 2.23. The summed E-state index contributed by atoms with van der Waals surface area (Å²) in [6.07, 6.45) is -4.43. The van der Waals surface area contributed by atoms with Crippen molar-refractivity contribution in [3.63, 3.8) is 0 Å². The van der Waals surface area contributed by atoms with Gasteiger partial charge in [0.15, 0.2) is 0 Å². The van der Waals surface area contributed by atoms with Crippen molar-refractivity contribution >= 4 is 34.2 Å². The van der Waals surface area contributed by atoms with Crippen LogP contribution < -0.4 is 10.6 Å². The number of nitrogens with one attached hydrogen (secondary N) is 2. The fourth-order valence-corrected chi connectivity index (χ4v) is 2.13. The van der Waals surface area contributed by atoms with Crippen molar-refractivity contribution in [2.45, 2.75) is 12.7 Å². The lowest BCUT2D eigenvalue weighted by molar-refractivity contribution is -0.138. The number of carbonyl (C=O) groups is 1. The Balaban J connectivity index is 0.00000200. The van der Waals surface area contributed by atoms with Gasteiger partial charge in [0.05, 0.1) is 11.5 Å². The van der Waals surface area contributed by atoms with E-state index in [0.29, 0.717) is 17.6 Å². The van der Waals surface area contributed by atoms with Gasteiger partial charge in [-0.1, -0.05) is 22.0 Å². The van der Waals surface area contributed by atoms with Gasteiger partial charge >= 0.3 is 6.18 Å². The molecule has 2 N–H and O–H groups in total. The van der Waals surface area contributed by atoms with Crippen molar-refractivity contribution in [1.82, 2.24) is 10.6 Å². The van der Waals surface area contributed by atoms with E-state index < -0.39 is 11.7 Å². The summed E-state index contributed by atoms with van der Waals surface area (Å²) in [5.41, 5.74) is -0.662. The van der Waals surface area contributed by atoms with Crippen LogP contribution in [0.1, 0.15) is 11.1 Å². The Hall–Kier alpha value is -0.790. The van der Waals surface area contributed by atoms with Crippen molar-refractivity contribution in [2.24, 2.45) is 5.92 Å². The van der Waals surface area contributed by atoms with Gasteiger partial charge in [-0.3, -0.25) is 4.79 Å². The monoisotopic (exact) mass is 372 g/mol. The summed E-state index contributed by atoms with van der Waals surface area (Å²) in [5, 5.41) is 5.47. The van der Waals surface area contributed by atoms with Crippen LogP contribution in [0.2, 0.25) is 0 Å². The third kappa shape index (κ3) is 4.10. The SMILES string of the molecule is Cl.O=C(NCc1ccc(Br)cc1C(F)(F)F)C1CNC1. The Labute approximate surface area is 128 Å². The molecule has 0 saturated carbocycles. The topological polar surface area (TPSA) is 41.1 Å². The van der Waals surface area contributed by atoms with Crippen molar-refractivity contribution in [2.75, 3.05) is 13.1 Å². The predicted octanol–water partition coefficient (Wildman–Crippen LogP) is 2.73. The van der Waals surface area contributed by atoms with Crippen LogP contribution in [0.5, 0.6) is 0 Å². The zero-order valence-electron chi connectivity index (χ0n) is 10.3. The fraction of sp³-hybridized carbons (Fsp3) is 0.417. The quantitative estimate of drug-likeness (QED) is 0.855. The van der Waals surface area contributed by atoms with E-state index in [1.807, 2.05) is 0 Å². The highest BCUT2D eigenvalue weighted by Crippen LogP contribution is 2.33. The van der Waals surface area contributed by atoms with Crippen LogP contribution in [0, 0.1) is 5.92 Å². The van der Waals surface area contributed by atoms with Crippen molar-refractivity contribution in [3.05, 3.63) is 33.8 Å².